The van der Waals surface area contributed by atoms with Crippen molar-refractivity contribution in [1.82, 2.24) is 0 Å². The van der Waals surface area contributed by atoms with Gasteiger partial charge in [-0.2, -0.15) is 0 Å². The fourth-order valence-corrected chi connectivity index (χ4v) is 3.86. The molecular weight excluding hydrogens is 391 g/mol. The van der Waals surface area contributed by atoms with Gasteiger partial charge in [-0.1, -0.05) is 13.8 Å². The Morgan fingerprint density at radius 3 is 2.30 bits per heavy atom. The van der Waals surface area contributed by atoms with Crippen molar-refractivity contribution in [3.8, 4) is 0 Å². The number of hydrogen-bond acceptors (Lipinski definition) is 6. The van der Waals surface area contributed by atoms with Crippen molar-refractivity contribution in [3.05, 3.63) is 69.5 Å². The first-order valence-electron chi connectivity index (χ1n) is 9.74. The summed E-state index contributed by atoms with van der Waals surface area (Å²) in [6, 6.07) is 9.08. The minimum atomic E-state index is -0.833. The molecule has 8 heteroatoms. The average molecular weight is 414 g/mol. The summed E-state index contributed by atoms with van der Waals surface area (Å²) in [5, 5.41) is 11.6. The molecule has 158 valence electrons. The Bertz CT molecular complexity index is 951. The van der Waals surface area contributed by atoms with Gasteiger partial charge in [-0.05, 0) is 54.7 Å². The maximum atomic E-state index is 12.9. The molecule has 0 amide bonds. The number of carbonyl (C=O) groups excluding carboxylic acids is 2. The number of nitro groups is 1. The number of Topliss-reactive ketones (excluding diaryl/α,β-unsaturated/α-hetero) is 1. The Hall–Kier alpha value is -3.29. The van der Waals surface area contributed by atoms with Crippen LogP contribution in [0.2, 0.25) is 0 Å². The number of halogens is 1. The Balaban J connectivity index is 1.73. The molecule has 0 radical (unpaired) electrons. The summed E-state index contributed by atoms with van der Waals surface area (Å²) in [5.74, 6) is -0.981. The van der Waals surface area contributed by atoms with Crippen LogP contribution in [0.3, 0.4) is 0 Å². The minimum Gasteiger partial charge on any atom is -0.454 e. The van der Waals surface area contributed by atoms with Crippen molar-refractivity contribution in [1.29, 1.82) is 0 Å². The number of nitrogens with zero attached hydrogens (tertiary/aromatic N) is 2. The van der Waals surface area contributed by atoms with Gasteiger partial charge in [-0.15, -0.1) is 0 Å². The summed E-state index contributed by atoms with van der Waals surface area (Å²) in [5.41, 5.74) is 0.502. The number of benzene rings is 2. The highest BCUT2D eigenvalue weighted by molar-refractivity contribution is 5.99. The molecule has 2 aromatic rings. The molecule has 1 aliphatic rings. The van der Waals surface area contributed by atoms with Gasteiger partial charge >= 0.3 is 5.97 Å². The Labute approximate surface area is 173 Å². The van der Waals surface area contributed by atoms with E-state index in [0.29, 0.717) is 30.6 Å². The van der Waals surface area contributed by atoms with Crippen LogP contribution in [0.4, 0.5) is 15.8 Å². The molecule has 1 aliphatic heterocycles. The number of rotatable bonds is 6. The predicted octanol–water partition coefficient (Wildman–Crippen LogP) is 4.26. The number of piperidine rings is 1. The zero-order valence-corrected chi connectivity index (χ0v) is 16.8. The first-order valence-corrected chi connectivity index (χ1v) is 9.74. The number of nitro benzene ring substituents is 1. The smallest absolute Gasteiger partial charge is 0.338 e. The molecule has 1 saturated heterocycles. The number of esters is 1. The standard InChI is InChI=1S/C22H23FN2O5/c1-14-9-15(2)12-24(11-14)19-8-5-17(10-20(19)25(28)29)22(27)30-13-21(26)16-3-6-18(23)7-4-16/h3-8,10,14-15H,9,11-13H2,1-2H3/t14-,15-/m0/s1. The van der Waals surface area contributed by atoms with Gasteiger partial charge in [0.15, 0.2) is 12.4 Å². The molecule has 1 fully saturated rings. The summed E-state index contributed by atoms with van der Waals surface area (Å²) >= 11 is 0. The van der Waals surface area contributed by atoms with E-state index in [1.54, 1.807) is 6.07 Å². The van der Waals surface area contributed by atoms with Gasteiger partial charge in [0, 0.05) is 24.7 Å². The van der Waals surface area contributed by atoms with E-state index in [-0.39, 0.29) is 16.8 Å². The van der Waals surface area contributed by atoms with Crippen LogP contribution in [0.15, 0.2) is 42.5 Å². The second kappa shape index (κ2) is 9.02. The molecule has 30 heavy (non-hydrogen) atoms. The van der Waals surface area contributed by atoms with Crippen LogP contribution in [-0.2, 0) is 4.74 Å². The minimum absolute atomic E-state index is 0.00420. The molecule has 2 aromatic carbocycles. The maximum absolute atomic E-state index is 12.9. The summed E-state index contributed by atoms with van der Waals surface area (Å²) in [4.78, 5) is 37.5. The van der Waals surface area contributed by atoms with E-state index in [0.717, 1.165) is 18.6 Å². The van der Waals surface area contributed by atoms with E-state index in [1.165, 1.54) is 24.3 Å². The fraction of sp³-hybridized carbons (Fsp3) is 0.364. The highest BCUT2D eigenvalue weighted by Gasteiger charge is 2.28. The zero-order valence-electron chi connectivity index (χ0n) is 16.8. The topological polar surface area (TPSA) is 89.8 Å². The molecule has 0 aromatic heterocycles. The average Bonchev–Trinajstić information content (AvgIpc) is 2.71. The lowest BCUT2D eigenvalue weighted by atomic mass is 9.91. The molecule has 3 rings (SSSR count). The van der Waals surface area contributed by atoms with Gasteiger partial charge in [-0.25, -0.2) is 9.18 Å². The molecule has 0 saturated carbocycles. The van der Waals surface area contributed by atoms with Gasteiger partial charge in [0.05, 0.1) is 10.5 Å². The Kier molecular flexibility index (Phi) is 6.44. The van der Waals surface area contributed by atoms with Crippen molar-refractivity contribution in [2.45, 2.75) is 20.3 Å². The highest BCUT2D eigenvalue weighted by Crippen LogP contribution is 2.34. The number of hydrogen-bond donors (Lipinski definition) is 0. The molecule has 0 aliphatic carbocycles. The van der Waals surface area contributed by atoms with Crippen LogP contribution in [-0.4, -0.2) is 36.4 Å². The van der Waals surface area contributed by atoms with Crippen molar-refractivity contribution < 1.29 is 23.6 Å². The number of carbonyl (C=O) groups is 2. The third-order valence-corrected chi connectivity index (χ3v) is 5.12. The second-order valence-corrected chi connectivity index (χ2v) is 7.82. The van der Waals surface area contributed by atoms with E-state index in [4.69, 9.17) is 4.74 Å². The lowest BCUT2D eigenvalue weighted by molar-refractivity contribution is -0.384. The quantitative estimate of drug-likeness (QED) is 0.304. The summed E-state index contributed by atoms with van der Waals surface area (Å²) < 4.78 is 18.0. The van der Waals surface area contributed by atoms with Crippen LogP contribution >= 0.6 is 0 Å². The summed E-state index contributed by atoms with van der Waals surface area (Å²) in [7, 11) is 0. The molecule has 7 nitrogen and oxygen atoms in total. The van der Waals surface area contributed by atoms with Gasteiger partial charge < -0.3 is 9.64 Å². The number of ether oxygens (including phenoxy) is 1. The second-order valence-electron chi connectivity index (χ2n) is 7.82. The van der Waals surface area contributed by atoms with Crippen LogP contribution < -0.4 is 4.90 Å². The third-order valence-electron chi connectivity index (χ3n) is 5.12. The Morgan fingerprint density at radius 1 is 1.10 bits per heavy atom. The molecule has 0 bridgehead atoms. The normalized spacial score (nSPS) is 18.7. The maximum Gasteiger partial charge on any atom is 0.338 e. The molecule has 0 N–H and O–H groups in total. The Morgan fingerprint density at radius 2 is 1.70 bits per heavy atom. The molecule has 0 unspecified atom stereocenters. The van der Waals surface area contributed by atoms with Crippen LogP contribution in [0.1, 0.15) is 41.0 Å². The number of ketones is 1. The molecule has 2 atom stereocenters. The molecule has 1 heterocycles. The van der Waals surface area contributed by atoms with Gasteiger partial charge in [0.1, 0.15) is 11.5 Å². The van der Waals surface area contributed by atoms with Crippen molar-refractivity contribution in [2.75, 3.05) is 24.6 Å². The third kappa shape index (κ3) is 5.00. The zero-order chi connectivity index (χ0) is 21.8. The largest absolute Gasteiger partial charge is 0.454 e. The van der Waals surface area contributed by atoms with Crippen LogP contribution in [0.5, 0.6) is 0 Å². The SMILES string of the molecule is C[C@H]1C[C@H](C)CN(c2ccc(C(=O)OCC(=O)c3ccc(F)cc3)cc2[N+](=O)[O-])C1. The van der Waals surface area contributed by atoms with Crippen LogP contribution in [0, 0.1) is 27.8 Å². The first kappa shape index (κ1) is 21.4. The van der Waals surface area contributed by atoms with Crippen molar-refractivity contribution in [2.24, 2.45) is 11.8 Å². The van der Waals surface area contributed by atoms with Crippen molar-refractivity contribution in [3.63, 3.8) is 0 Å². The summed E-state index contributed by atoms with van der Waals surface area (Å²) in [6.07, 6.45) is 1.07. The van der Waals surface area contributed by atoms with Gasteiger partial charge in [0.2, 0.25) is 0 Å². The van der Waals surface area contributed by atoms with Gasteiger partial charge in [-0.3, -0.25) is 14.9 Å². The lowest BCUT2D eigenvalue weighted by Gasteiger charge is -2.36. The van der Waals surface area contributed by atoms with E-state index in [1.807, 2.05) is 4.90 Å². The number of anilines is 1. The highest BCUT2D eigenvalue weighted by atomic mass is 19.1. The molecular formula is C22H23FN2O5. The lowest BCUT2D eigenvalue weighted by Crippen LogP contribution is -2.39. The fourth-order valence-electron chi connectivity index (χ4n) is 3.86. The van der Waals surface area contributed by atoms with E-state index >= 15 is 0 Å². The van der Waals surface area contributed by atoms with Crippen LogP contribution in [0.25, 0.3) is 0 Å². The predicted molar refractivity (Wildman–Crippen MR) is 109 cm³/mol. The molecule has 0 spiro atoms. The van der Waals surface area contributed by atoms with E-state index in [2.05, 4.69) is 13.8 Å². The monoisotopic (exact) mass is 414 g/mol. The van der Waals surface area contributed by atoms with Gasteiger partial charge in [0.25, 0.3) is 5.69 Å². The van der Waals surface area contributed by atoms with E-state index < -0.39 is 29.1 Å². The summed E-state index contributed by atoms with van der Waals surface area (Å²) in [6.45, 7) is 5.10. The van der Waals surface area contributed by atoms with E-state index in [9.17, 15) is 24.1 Å². The first-order chi connectivity index (χ1) is 14.2. The van der Waals surface area contributed by atoms with Crippen molar-refractivity contribution >= 4 is 23.1 Å².